The Morgan fingerprint density at radius 1 is 1.29 bits per heavy atom. The Hall–Kier alpha value is -0.870. The summed E-state index contributed by atoms with van der Waals surface area (Å²) >= 11 is 15.5. The fourth-order valence-electron chi connectivity index (χ4n) is 1.40. The first-order valence-electron chi connectivity index (χ1n) is 5.12. The van der Waals surface area contributed by atoms with Gasteiger partial charge in [0.15, 0.2) is 0 Å². The van der Waals surface area contributed by atoms with Crippen LogP contribution in [0.15, 0.2) is 32.3 Å². The van der Waals surface area contributed by atoms with Gasteiger partial charge in [0.1, 0.15) is 9.90 Å². The monoisotopic (exact) mass is 430 g/mol. The van der Waals surface area contributed by atoms with Gasteiger partial charge < -0.3 is 0 Å². The van der Waals surface area contributed by atoms with Gasteiger partial charge in [0.05, 0.1) is 13.7 Å². The molecule has 21 heavy (non-hydrogen) atoms. The number of nitro groups is 1. The normalized spacial score (nSPS) is 11.4. The average Bonchev–Trinajstić information content (AvgIpc) is 2.69. The van der Waals surface area contributed by atoms with Gasteiger partial charge in [0, 0.05) is 11.1 Å². The highest BCUT2D eigenvalue weighted by Gasteiger charge is 2.23. The summed E-state index contributed by atoms with van der Waals surface area (Å²) in [6.07, 6.45) is 0. The fourth-order valence-corrected chi connectivity index (χ4v) is 5.04. The molecule has 0 unspecified atom stereocenters. The minimum Gasteiger partial charge on any atom is -0.272 e. The van der Waals surface area contributed by atoms with Crippen molar-refractivity contribution in [2.24, 2.45) is 0 Å². The maximum absolute atomic E-state index is 12.2. The van der Waals surface area contributed by atoms with Crippen LogP contribution in [0.2, 0.25) is 10.0 Å². The molecule has 0 aliphatic rings. The lowest BCUT2D eigenvalue weighted by molar-refractivity contribution is -0.383. The van der Waals surface area contributed by atoms with E-state index in [9.17, 15) is 18.5 Å². The molecule has 0 atom stereocenters. The lowest BCUT2D eigenvalue weighted by Crippen LogP contribution is -2.12. The summed E-state index contributed by atoms with van der Waals surface area (Å²) in [5.41, 5.74) is -0.613. The van der Waals surface area contributed by atoms with Crippen LogP contribution >= 0.6 is 50.5 Å². The van der Waals surface area contributed by atoms with Crippen LogP contribution in [0.5, 0.6) is 0 Å². The molecule has 112 valence electrons. The van der Waals surface area contributed by atoms with Crippen molar-refractivity contribution in [1.29, 1.82) is 0 Å². The second-order valence-corrected chi connectivity index (χ2v) is 8.83. The maximum atomic E-state index is 12.2. The maximum Gasteiger partial charge on any atom is 0.293 e. The molecule has 2 aromatic rings. The van der Waals surface area contributed by atoms with Crippen LogP contribution in [-0.4, -0.2) is 13.3 Å². The van der Waals surface area contributed by atoms with Crippen molar-refractivity contribution in [3.05, 3.63) is 48.2 Å². The Labute approximate surface area is 142 Å². The Morgan fingerprint density at radius 3 is 2.48 bits per heavy atom. The molecule has 0 fully saturated rings. The number of nitrogens with one attached hydrogen (secondary N) is 1. The number of hydrogen-bond donors (Lipinski definition) is 1. The van der Waals surface area contributed by atoms with E-state index in [0.29, 0.717) is 3.79 Å². The van der Waals surface area contributed by atoms with Crippen LogP contribution in [0.25, 0.3) is 0 Å². The van der Waals surface area contributed by atoms with Crippen LogP contribution in [0.3, 0.4) is 0 Å². The number of rotatable bonds is 4. The van der Waals surface area contributed by atoms with Gasteiger partial charge in [-0.05, 0) is 34.1 Å². The van der Waals surface area contributed by atoms with Crippen molar-refractivity contribution in [3.63, 3.8) is 0 Å². The number of nitro benzene ring substituents is 1. The summed E-state index contributed by atoms with van der Waals surface area (Å²) in [4.78, 5) is 10.2. The van der Waals surface area contributed by atoms with Crippen molar-refractivity contribution in [1.82, 2.24) is 0 Å². The van der Waals surface area contributed by atoms with Crippen molar-refractivity contribution in [3.8, 4) is 0 Å². The van der Waals surface area contributed by atoms with Gasteiger partial charge in [-0.2, -0.15) is 0 Å². The van der Waals surface area contributed by atoms with Crippen LogP contribution < -0.4 is 4.72 Å². The fraction of sp³-hybridized carbons (Fsp3) is 0. The van der Waals surface area contributed by atoms with Gasteiger partial charge in [-0.25, -0.2) is 8.42 Å². The predicted octanol–water partition coefficient (Wildman–Crippen LogP) is 4.53. The Kier molecular flexibility index (Phi) is 4.79. The summed E-state index contributed by atoms with van der Waals surface area (Å²) in [5.74, 6) is 0. The molecule has 0 amide bonds. The molecule has 0 saturated carbocycles. The minimum atomic E-state index is -4.00. The molecule has 1 aromatic heterocycles. The van der Waals surface area contributed by atoms with Crippen molar-refractivity contribution >= 4 is 71.9 Å². The SMILES string of the molecule is O=[N+]([O-])c1ccc(Cl)cc1NS(=O)(=O)c1cc(Cl)c(Br)s1. The number of hydrogen-bond acceptors (Lipinski definition) is 5. The van der Waals surface area contributed by atoms with Gasteiger partial charge in [-0.3, -0.25) is 14.8 Å². The van der Waals surface area contributed by atoms with Gasteiger partial charge in [-0.15, -0.1) is 11.3 Å². The van der Waals surface area contributed by atoms with E-state index in [-0.39, 0.29) is 19.9 Å². The topological polar surface area (TPSA) is 89.3 Å². The molecule has 0 spiro atoms. The molecular weight excluding hydrogens is 427 g/mol. The largest absolute Gasteiger partial charge is 0.293 e. The van der Waals surface area contributed by atoms with E-state index in [0.717, 1.165) is 17.4 Å². The quantitative estimate of drug-likeness (QED) is 0.568. The van der Waals surface area contributed by atoms with Crippen LogP contribution in [0, 0.1) is 10.1 Å². The van der Waals surface area contributed by atoms with E-state index in [4.69, 9.17) is 23.2 Å². The number of anilines is 1. The van der Waals surface area contributed by atoms with Gasteiger partial charge in [0.25, 0.3) is 15.7 Å². The second-order valence-electron chi connectivity index (χ2n) is 3.71. The van der Waals surface area contributed by atoms with E-state index in [1.807, 2.05) is 0 Å². The zero-order chi connectivity index (χ0) is 15.8. The first-order chi connectivity index (χ1) is 9.70. The third-order valence-corrected chi connectivity index (χ3v) is 6.84. The molecule has 1 heterocycles. The minimum absolute atomic E-state index is 0.0753. The summed E-state index contributed by atoms with van der Waals surface area (Å²) in [6, 6.07) is 4.84. The zero-order valence-corrected chi connectivity index (χ0v) is 14.6. The smallest absolute Gasteiger partial charge is 0.272 e. The molecule has 0 aliphatic heterocycles. The molecule has 6 nitrogen and oxygen atoms in total. The summed E-state index contributed by atoms with van der Waals surface area (Å²) in [7, 11) is -4.00. The van der Waals surface area contributed by atoms with E-state index in [1.165, 1.54) is 18.2 Å². The predicted molar refractivity (Wildman–Crippen MR) is 85.9 cm³/mol. The third-order valence-electron chi connectivity index (χ3n) is 2.29. The highest BCUT2D eigenvalue weighted by atomic mass is 79.9. The van der Waals surface area contributed by atoms with Crippen molar-refractivity contribution < 1.29 is 13.3 Å². The highest BCUT2D eigenvalue weighted by molar-refractivity contribution is 9.11. The average molecular weight is 432 g/mol. The molecule has 0 saturated heterocycles. The standard InChI is InChI=1S/C10H5BrCl2N2O4S2/c11-10-6(13)4-9(20-10)21(18,19)14-7-3-5(12)1-2-8(7)15(16)17/h1-4,14H. The molecule has 0 aliphatic carbocycles. The summed E-state index contributed by atoms with van der Waals surface area (Å²) in [6.45, 7) is 0. The Bertz CT molecular complexity index is 803. The number of sulfonamides is 1. The van der Waals surface area contributed by atoms with Crippen molar-refractivity contribution in [2.75, 3.05) is 4.72 Å². The molecule has 11 heteroatoms. The van der Waals surface area contributed by atoms with Gasteiger partial charge >= 0.3 is 0 Å². The van der Waals surface area contributed by atoms with E-state index >= 15 is 0 Å². The first-order valence-corrected chi connectivity index (χ1v) is 8.97. The van der Waals surface area contributed by atoms with Gasteiger partial charge in [-0.1, -0.05) is 23.2 Å². The van der Waals surface area contributed by atoms with E-state index in [2.05, 4.69) is 20.7 Å². The third kappa shape index (κ3) is 3.67. The molecule has 0 radical (unpaired) electrons. The van der Waals surface area contributed by atoms with E-state index < -0.39 is 20.6 Å². The number of thiophene rings is 1. The molecule has 2 rings (SSSR count). The van der Waals surface area contributed by atoms with Crippen LogP contribution in [0.1, 0.15) is 0 Å². The lowest BCUT2D eigenvalue weighted by Gasteiger charge is -2.07. The summed E-state index contributed by atoms with van der Waals surface area (Å²) < 4.78 is 26.9. The lowest BCUT2D eigenvalue weighted by atomic mass is 10.3. The molecule has 0 bridgehead atoms. The molecule has 1 aromatic carbocycles. The van der Waals surface area contributed by atoms with E-state index in [1.54, 1.807) is 0 Å². The van der Waals surface area contributed by atoms with Crippen LogP contribution in [-0.2, 0) is 10.0 Å². The molecular formula is C10H5BrCl2N2O4S2. The summed E-state index contributed by atoms with van der Waals surface area (Å²) in [5, 5.41) is 11.3. The second kappa shape index (κ2) is 6.09. The van der Waals surface area contributed by atoms with Crippen molar-refractivity contribution in [2.45, 2.75) is 4.21 Å². The first kappa shape index (κ1) is 16.5. The van der Waals surface area contributed by atoms with Crippen LogP contribution in [0.4, 0.5) is 11.4 Å². The van der Waals surface area contributed by atoms with Gasteiger partial charge in [0.2, 0.25) is 0 Å². The number of nitrogens with zero attached hydrogens (tertiary/aromatic N) is 1. The number of benzene rings is 1. The number of halogens is 3. The highest BCUT2D eigenvalue weighted by Crippen LogP contribution is 2.36. The molecule has 1 N–H and O–H groups in total. The Morgan fingerprint density at radius 2 is 1.95 bits per heavy atom. The Balaban J connectivity index is 2.45. The zero-order valence-electron chi connectivity index (χ0n) is 9.84.